The summed E-state index contributed by atoms with van der Waals surface area (Å²) < 4.78 is 16.1. The van der Waals surface area contributed by atoms with E-state index in [1.807, 2.05) is 16.4 Å². The highest BCUT2D eigenvalue weighted by Gasteiger charge is 2.25. The van der Waals surface area contributed by atoms with Gasteiger partial charge in [0.15, 0.2) is 4.80 Å². The van der Waals surface area contributed by atoms with Crippen molar-refractivity contribution in [3.63, 3.8) is 0 Å². The molecule has 0 spiro atoms. The number of nitrogens with zero attached hydrogens (tertiary/aromatic N) is 3. The summed E-state index contributed by atoms with van der Waals surface area (Å²) >= 11 is 2.63. The second-order valence-corrected chi connectivity index (χ2v) is 8.88. The minimum Gasteiger partial charge on any atom is -0.339 e. The van der Waals surface area contributed by atoms with E-state index < -0.39 is 0 Å². The maximum Gasteiger partial charge on any atom is 0.258 e. The molecule has 0 saturated carbocycles. The first kappa shape index (κ1) is 21.0. The quantitative estimate of drug-likeness (QED) is 0.710. The summed E-state index contributed by atoms with van der Waals surface area (Å²) in [5.41, 5.74) is 0.874. The predicted molar refractivity (Wildman–Crippen MR) is 113 cm³/mol. The van der Waals surface area contributed by atoms with Gasteiger partial charge in [-0.3, -0.25) is 9.59 Å². The van der Waals surface area contributed by atoms with Crippen LogP contribution >= 0.6 is 23.1 Å². The lowest BCUT2D eigenvalue weighted by Gasteiger charge is -2.35. The molecule has 0 bridgehead atoms. The molecule has 0 radical (unpaired) electrons. The molecule has 1 aliphatic heterocycles. The molecule has 28 heavy (non-hydrogen) atoms. The summed E-state index contributed by atoms with van der Waals surface area (Å²) in [7, 11) is 0. The third-order valence-corrected chi connectivity index (χ3v) is 6.99. The molecule has 1 aliphatic rings. The number of likely N-dealkylation sites (tertiary alicyclic amines) is 1. The number of benzene rings is 1. The molecular weight excluding hydrogens is 397 g/mol. The largest absolute Gasteiger partial charge is 0.339 e. The van der Waals surface area contributed by atoms with Gasteiger partial charge in [-0.1, -0.05) is 18.3 Å². The SMILES string of the molecule is CCC1CCCCN1C(=O)CSCC(=O)N=c1sc2cc(F)ccc2n1CC. The molecule has 8 heteroatoms. The Morgan fingerprint density at radius 3 is 2.86 bits per heavy atom. The van der Waals surface area contributed by atoms with Crippen molar-refractivity contribution in [3.05, 3.63) is 28.8 Å². The molecule has 152 valence electrons. The average Bonchev–Trinajstić information content (AvgIpc) is 3.03. The molecule has 1 aromatic heterocycles. The van der Waals surface area contributed by atoms with Crippen LogP contribution < -0.4 is 4.80 Å². The molecule has 2 heterocycles. The van der Waals surface area contributed by atoms with Crippen LogP contribution in [0.5, 0.6) is 0 Å². The van der Waals surface area contributed by atoms with Crippen molar-refractivity contribution in [1.82, 2.24) is 9.47 Å². The van der Waals surface area contributed by atoms with Crippen LogP contribution in [-0.2, 0) is 16.1 Å². The van der Waals surface area contributed by atoms with Gasteiger partial charge in [-0.15, -0.1) is 11.8 Å². The number of thioether (sulfide) groups is 1. The summed E-state index contributed by atoms with van der Waals surface area (Å²) in [6, 6.07) is 4.93. The predicted octanol–water partition coefficient (Wildman–Crippen LogP) is 3.81. The van der Waals surface area contributed by atoms with Crippen LogP contribution in [0.1, 0.15) is 39.5 Å². The molecule has 1 aromatic carbocycles. The Hall–Kier alpha value is -1.67. The smallest absolute Gasteiger partial charge is 0.258 e. The Kier molecular flexibility index (Phi) is 7.29. The second kappa shape index (κ2) is 9.69. The highest BCUT2D eigenvalue weighted by atomic mass is 32.2. The average molecular weight is 424 g/mol. The number of carbonyl (C=O) groups is 2. The van der Waals surface area contributed by atoms with E-state index in [4.69, 9.17) is 0 Å². The number of halogens is 1. The van der Waals surface area contributed by atoms with Gasteiger partial charge in [0.05, 0.1) is 21.7 Å². The van der Waals surface area contributed by atoms with Crippen molar-refractivity contribution >= 4 is 45.1 Å². The highest BCUT2D eigenvalue weighted by molar-refractivity contribution is 8.00. The number of piperidine rings is 1. The zero-order valence-electron chi connectivity index (χ0n) is 16.3. The highest BCUT2D eigenvalue weighted by Crippen LogP contribution is 2.21. The molecule has 2 amide bonds. The van der Waals surface area contributed by atoms with Gasteiger partial charge in [-0.25, -0.2) is 4.39 Å². The fourth-order valence-electron chi connectivity index (χ4n) is 3.64. The van der Waals surface area contributed by atoms with Crippen LogP contribution in [-0.4, -0.2) is 45.4 Å². The topological polar surface area (TPSA) is 54.7 Å². The molecule has 2 aromatic rings. The van der Waals surface area contributed by atoms with Crippen molar-refractivity contribution in [3.8, 4) is 0 Å². The third-order valence-electron chi connectivity index (χ3n) is 5.05. The lowest BCUT2D eigenvalue weighted by Crippen LogP contribution is -2.44. The number of hydrogen-bond acceptors (Lipinski definition) is 4. The molecule has 1 fully saturated rings. The van der Waals surface area contributed by atoms with E-state index in [9.17, 15) is 14.0 Å². The zero-order chi connectivity index (χ0) is 20.1. The number of rotatable bonds is 6. The molecule has 0 N–H and O–H groups in total. The molecule has 1 saturated heterocycles. The number of fused-ring (bicyclic) bond motifs is 1. The van der Waals surface area contributed by atoms with Crippen molar-refractivity contribution in [1.29, 1.82) is 0 Å². The first-order chi connectivity index (χ1) is 13.5. The van der Waals surface area contributed by atoms with Gasteiger partial charge >= 0.3 is 0 Å². The second-order valence-electron chi connectivity index (χ2n) is 6.88. The van der Waals surface area contributed by atoms with E-state index in [0.29, 0.717) is 23.1 Å². The summed E-state index contributed by atoms with van der Waals surface area (Å²) in [6.45, 7) is 5.56. The van der Waals surface area contributed by atoms with Gasteiger partial charge < -0.3 is 9.47 Å². The fraction of sp³-hybridized carbons (Fsp3) is 0.550. The standard InChI is InChI=1S/C20H26FN3O2S2/c1-3-15-7-5-6-10-24(15)19(26)13-27-12-18(25)22-20-23(4-2)16-9-8-14(21)11-17(16)28-20/h8-9,11,15H,3-7,10,12-13H2,1-2H3. The molecule has 5 nitrogen and oxygen atoms in total. The summed E-state index contributed by atoms with van der Waals surface area (Å²) in [5.74, 6) is 0.0290. The van der Waals surface area contributed by atoms with Gasteiger partial charge in [-0.2, -0.15) is 4.99 Å². The van der Waals surface area contributed by atoms with E-state index in [1.165, 1.54) is 41.7 Å². The lowest BCUT2D eigenvalue weighted by atomic mass is 10.0. The fourth-order valence-corrected chi connectivity index (χ4v) is 5.46. The Bertz CT molecular complexity index is 922. The minimum atomic E-state index is -0.299. The summed E-state index contributed by atoms with van der Waals surface area (Å²) in [6.07, 6.45) is 4.30. The van der Waals surface area contributed by atoms with E-state index in [-0.39, 0.29) is 23.4 Å². The van der Waals surface area contributed by atoms with Crippen LogP contribution in [0.2, 0.25) is 0 Å². The first-order valence-electron chi connectivity index (χ1n) is 9.77. The monoisotopic (exact) mass is 423 g/mol. The van der Waals surface area contributed by atoms with Crippen molar-refractivity contribution in [2.75, 3.05) is 18.1 Å². The van der Waals surface area contributed by atoms with E-state index in [1.54, 1.807) is 6.07 Å². The van der Waals surface area contributed by atoms with Crippen LogP contribution in [0.15, 0.2) is 23.2 Å². The number of hydrogen-bond donors (Lipinski definition) is 0. The van der Waals surface area contributed by atoms with E-state index in [0.717, 1.165) is 36.0 Å². The van der Waals surface area contributed by atoms with Gasteiger partial charge in [0.1, 0.15) is 5.82 Å². The number of amides is 2. The maximum atomic E-state index is 13.5. The Morgan fingerprint density at radius 1 is 1.29 bits per heavy atom. The molecule has 1 unspecified atom stereocenters. The number of aryl methyl sites for hydroxylation is 1. The minimum absolute atomic E-state index is 0.116. The van der Waals surface area contributed by atoms with Crippen LogP contribution in [0, 0.1) is 5.82 Å². The summed E-state index contributed by atoms with van der Waals surface area (Å²) in [4.78, 5) is 31.6. The van der Waals surface area contributed by atoms with Gasteiger partial charge in [0.2, 0.25) is 5.91 Å². The Balaban J connectivity index is 1.62. The first-order valence-corrected chi connectivity index (χ1v) is 11.7. The van der Waals surface area contributed by atoms with Crippen molar-refractivity contribution in [2.45, 2.75) is 52.1 Å². The normalized spacial score (nSPS) is 18.0. The van der Waals surface area contributed by atoms with Gasteiger partial charge in [0.25, 0.3) is 5.91 Å². The maximum absolute atomic E-state index is 13.5. The van der Waals surface area contributed by atoms with Gasteiger partial charge in [0, 0.05) is 19.1 Å². The Morgan fingerprint density at radius 2 is 2.11 bits per heavy atom. The zero-order valence-corrected chi connectivity index (χ0v) is 18.0. The molecule has 1 atom stereocenters. The molecule has 3 rings (SSSR count). The van der Waals surface area contributed by atoms with E-state index >= 15 is 0 Å². The Labute approximate surface area is 172 Å². The van der Waals surface area contributed by atoms with Crippen LogP contribution in [0.3, 0.4) is 0 Å². The molecular formula is C20H26FN3O2S2. The van der Waals surface area contributed by atoms with Crippen LogP contribution in [0.4, 0.5) is 4.39 Å². The number of aromatic nitrogens is 1. The number of carbonyl (C=O) groups excluding carboxylic acids is 2. The number of thiazole rings is 1. The summed E-state index contributed by atoms with van der Waals surface area (Å²) in [5, 5.41) is 0. The molecule has 0 aliphatic carbocycles. The van der Waals surface area contributed by atoms with Gasteiger partial charge in [-0.05, 0) is 50.8 Å². The third kappa shape index (κ3) is 4.84. The van der Waals surface area contributed by atoms with E-state index in [2.05, 4.69) is 11.9 Å². The van der Waals surface area contributed by atoms with Crippen molar-refractivity contribution < 1.29 is 14.0 Å². The van der Waals surface area contributed by atoms with Crippen molar-refractivity contribution in [2.24, 2.45) is 4.99 Å². The lowest BCUT2D eigenvalue weighted by molar-refractivity contribution is -0.132. The van der Waals surface area contributed by atoms with Crippen LogP contribution in [0.25, 0.3) is 10.2 Å².